The summed E-state index contributed by atoms with van der Waals surface area (Å²) in [6.07, 6.45) is 6.30. The fourth-order valence-electron chi connectivity index (χ4n) is 3.38. The Hall–Kier alpha value is -0.730. The molecule has 1 aromatic rings. The summed E-state index contributed by atoms with van der Waals surface area (Å²) in [7, 11) is 1.75. The Bertz CT molecular complexity index is 416. The van der Waals surface area contributed by atoms with Gasteiger partial charge in [0.25, 0.3) is 0 Å². The van der Waals surface area contributed by atoms with Crippen LogP contribution in [0, 0.1) is 5.92 Å². The van der Waals surface area contributed by atoms with Crippen molar-refractivity contribution in [1.29, 1.82) is 0 Å². The van der Waals surface area contributed by atoms with Gasteiger partial charge in [-0.3, -0.25) is 0 Å². The van der Waals surface area contributed by atoms with Crippen molar-refractivity contribution in [1.82, 2.24) is 4.90 Å². The van der Waals surface area contributed by atoms with Crippen LogP contribution in [0.15, 0.2) is 18.2 Å². The van der Waals surface area contributed by atoms with Gasteiger partial charge in [0, 0.05) is 6.54 Å². The first-order valence-electron chi connectivity index (χ1n) is 8.15. The van der Waals surface area contributed by atoms with E-state index in [1.807, 2.05) is 0 Å². The van der Waals surface area contributed by atoms with Crippen molar-refractivity contribution in [3.63, 3.8) is 0 Å². The summed E-state index contributed by atoms with van der Waals surface area (Å²) in [6, 6.07) is 6.60. The molecule has 0 N–H and O–H groups in total. The van der Waals surface area contributed by atoms with Crippen LogP contribution in [-0.2, 0) is 12.8 Å². The van der Waals surface area contributed by atoms with Crippen molar-refractivity contribution < 1.29 is 4.74 Å². The Morgan fingerprint density at radius 2 is 1.86 bits per heavy atom. The topological polar surface area (TPSA) is 12.5 Å². The molecule has 0 aromatic heterocycles. The number of nitrogens with zero attached hydrogens (tertiary/aromatic N) is 1. The van der Waals surface area contributed by atoms with Gasteiger partial charge in [0.2, 0.25) is 0 Å². The maximum absolute atomic E-state index is 5.33. The number of fused-ring (bicyclic) bond motifs is 1. The average molecular weight is 312 g/mol. The molecule has 2 rings (SSSR count). The van der Waals surface area contributed by atoms with Gasteiger partial charge in [-0.1, -0.05) is 19.9 Å². The lowest BCUT2D eigenvalue weighted by Crippen LogP contribution is -2.33. The Kier molecular flexibility index (Phi) is 8.13. The number of rotatable bonds is 7. The first kappa shape index (κ1) is 18.3. The molecule has 1 aliphatic carbocycles. The smallest absolute Gasteiger partial charge is 0.119 e. The van der Waals surface area contributed by atoms with E-state index in [4.69, 9.17) is 4.74 Å². The van der Waals surface area contributed by atoms with Crippen LogP contribution in [0.2, 0.25) is 0 Å². The molecule has 0 radical (unpaired) electrons. The molecule has 0 spiro atoms. The van der Waals surface area contributed by atoms with Gasteiger partial charge in [-0.05, 0) is 74.4 Å². The zero-order valence-electron chi connectivity index (χ0n) is 13.7. The molecular weight excluding hydrogens is 282 g/mol. The Labute approximate surface area is 136 Å². The minimum atomic E-state index is 0. The molecule has 0 saturated carbocycles. The van der Waals surface area contributed by atoms with E-state index < -0.39 is 0 Å². The van der Waals surface area contributed by atoms with E-state index in [0.29, 0.717) is 0 Å². The predicted octanol–water partition coefficient (Wildman–Crippen LogP) is 4.34. The van der Waals surface area contributed by atoms with Crippen LogP contribution in [0.4, 0.5) is 0 Å². The van der Waals surface area contributed by atoms with Gasteiger partial charge >= 0.3 is 0 Å². The van der Waals surface area contributed by atoms with Crippen LogP contribution in [0.1, 0.15) is 44.2 Å². The van der Waals surface area contributed by atoms with E-state index in [9.17, 15) is 0 Å². The molecule has 0 bridgehead atoms. The molecular formula is C18H30ClNO. The summed E-state index contributed by atoms with van der Waals surface area (Å²) in [5, 5.41) is 0. The number of benzene rings is 1. The number of hydrogen-bond acceptors (Lipinski definition) is 2. The number of halogens is 1. The lowest BCUT2D eigenvalue weighted by molar-refractivity contribution is 0.220. The molecule has 1 atom stereocenters. The zero-order valence-corrected chi connectivity index (χ0v) is 14.5. The van der Waals surface area contributed by atoms with E-state index in [2.05, 4.69) is 36.9 Å². The number of methoxy groups -OCH3 is 1. The Morgan fingerprint density at radius 1 is 1.14 bits per heavy atom. The highest BCUT2D eigenvalue weighted by atomic mass is 35.5. The van der Waals surface area contributed by atoms with E-state index >= 15 is 0 Å². The molecule has 0 heterocycles. The van der Waals surface area contributed by atoms with Crippen LogP contribution >= 0.6 is 12.4 Å². The largest absolute Gasteiger partial charge is 0.497 e. The second-order valence-corrected chi connectivity index (χ2v) is 6.04. The van der Waals surface area contributed by atoms with Crippen LogP contribution < -0.4 is 4.74 Å². The molecule has 1 aromatic carbocycles. The standard InChI is InChI=1S/C18H29NO.ClH/c1-4-10-19(11-5-2)14-15-6-7-17-13-18(20-3)9-8-16(17)12-15;/h8-9,13,15H,4-7,10-12,14H2,1-3H3;1H. The normalized spacial score (nSPS) is 17.2. The van der Waals surface area contributed by atoms with E-state index in [-0.39, 0.29) is 12.4 Å². The molecule has 1 aliphatic rings. The van der Waals surface area contributed by atoms with Crippen LogP contribution in [0.5, 0.6) is 5.75 Å². The van der Waals surface area contributed by atoms with Crippen molar-refractivity contribution in [3.8, 4) is 5.75 Å². The second-order valence-electron chi connectivity index (χ2n) is 6.04. The van der Waals surface area contributed by atoms with Gasteiger partial charge in [-0.2, -0.15) is 0 Å². The fraction of sp³-hybridized carbons (Fsp3) is 0.667. The molecule has 1 unspecified atom stereocenters. The molecule has 2 nitrogen and oxygen atoms in total. The first-order valence-corrected chi connectivity index (χ1v) is 8.15. The quantitative estimate of drug-likeness (QED) is 0.742. The predicted molar refractivity (Wildman–Crippen MR) is 92.8 cm³/mol. The van der Waals surface area contributed by atoms with Crippen molar-refractivity contribution in [2.75, 3.05) is 26.7 Å². The van der Waals surface area contributed by atoms with Crippen molar-refractivity contribution in [2.24, 2.45) is 5.92 Å². The van der Waals surface area contributed by atoms with E-state index in [1.165, 1.54) is 62.9 Å². The minimum Gasteiger partial charge on any atom is -0.497 e. The first-order chi connectivity index (χ1) is 9.76. The Balaban J connectivity index is 0.00000220. The van der Waals surface area contributed by atoms with Gasteiger partial charge in [-0.15, -0.1) is 12.4 Å². The van der Waals surface area contributed by atoms with Crippen molar-refractivity contribution in [2.45, 2.75) is 46.0 Å². The molecule has 0 fully saturated rings. The maximum Gasteiger partial charge on any atom is 0.119 e. The summed E-state index contributed by atoms with van der Waals surface area (Å²) in [6.45, 7) is 8.34. The molecule has 3 heteroatoms. The van der Waals surface area contributed by atoms with Gasteiger partial charge in [-0.25, -0.2) is 0 Å². The van der Waals surface area contributed by atoms with Crippen molar-refractivity contribution >= 4 is 12.4 Å². The lowest BCUT2D eigenvalue weighted by atomic mass is 9.83. The molecule has 120 valence electrons. The molecule has 0 saturated heterocycles. The van der Waals surface area contributed by atoms with Gasteiger partial charge in [0.15, 0.2) is 0 Å². The molecule has 21 heavy (non-hydrogen) atoms. The summed E-state index contributed by atoms with van der Waals surface area (Å²) in [4.78, 5) is 2.65. The van der Waals surface area contributed by atoms with Crippen LogP contribution in [0.3, 0.4) is 0 Å². The fourth-order valence-corrected chi connectivity index (χ4v) is 3.38. The SMILES string of the molecule is CCCN(CCC)CC1CCc2cc(OC)ccc2C1.Cl. The number of hydrogen-bond donors (Lipinski definition) is 0. The van der Waals surface area contributed by atoms with Crippen LogP contribution in [-0.4, -0.2) is 31.6 Å². The van der Waals surface area contributed by atoms with Gasteiger partial charge in [0.05, 0.1) is 7.11 Å². The number of aryl methyl sites for hydroxylation is 1. The summed E-state index contributed by atoms with van der Waals surface area (Å²) in [5.41, 5.74) is 3.04. The highest BCUT2D eigenvalue weighted by molar-refractivity contribution is 5.85. The van der Waals surface area contributed by atoms with E-state index in [0.717, 1.165) is 11.7 Å². The third kappa shape index (κ3) is 5.19. The van der Waals surface area contributed by atoms with Crippen LogP contribution in [0.25, 0.3) is 0 Å². The Morgan fingerprint density at radius 3 is 2.48 bits per heavy atom. The summed E-state index contributed by atoms with van der Waals surface area (Å²) < 4.78 is 5.33. The molecule has 0 amide bonds. The average Bonchev–Trinajstić information content (AvgIpc) is 2.47. The highest BCUT2D eigenvalue weighted by Gasteiger charge is 2.20. The zero-order chi connectivity index (χ0) is 14.4. The third-order valence-corrected chi connectivity index (χ3v) is 4.34. The summed E-state index contributed by atoms with van der Waals surface area (Å²) >= 11 is 0. The monoisotopic (exact) mass is 311 g/mol. The highest BCUT2D eigenvalue weighted by Crippen LogP contribution is 2.29. The van der Waals surface area contributed by atoms with Gasteiger partial charge < -0.3 is 9.64 Å². The van der Waals surface area contributed by atoms with Gasteiger partial charge in [0.1, 0.15) is 5.75 Å². The molecule has 0 aliphatic heterocycles. The second kappa shape index (κ2) is 9.32. The lowest BCUT2D eigenvalue weighted by Gasteiger charge is -2.30. The van der Waals surface area contributed by atoms with E-state index in [1.54, 1.807) is 7.11 Å². The summed E-state index contributed by atoms with van der Waals surface area (Å²) in [5.74, 6) is 1.83. The maximum atomic E-state index is 5.33. The minimum absolute atomic E-state index is 0. The van der Waals surface area contributed by atoms with Crippen molar-refractivity contribution in [3.05, 3.63) is 29.3 Å². The third-order valence-electron chi connectivity index (χ3n) is 4.34. The number of ether oxygens (including phenoxy) is 1.